The largest absolute Gasteiger partial charge is 0.509 e. The third-order valence-corrected chi connectivity index (χ3v) is 9.61. The van der Waals surface area contributed by atoms with Crippen LogP contribution in [0.1, 0.15) is 58.1 Å². The molecule has 1 saturated heterocycles. The molecule has 1 fully saturated rings. The van der Waals surface area contributed by atoms with Gasteiger partial charge in [-0.2, -0.15) is 8.78 Å². The summed E-state index contributed by atoms with van der Waals surface area (Å²) in [6.45, 7) is 8.33. The first kappa shape index (κ1) is 37.7. The van der Waals surface area contributed by atoms with Gasteiger partial charge in [0.2, 0.25) is 6.10 Å². The number of nitrogens with one attached hydrogen (secondary N) is 1. The van der Waals surface area contributed by atoms with Gasteiger partial charge in [-0.25, -0.2) is 9.59 Å². The Hall–Kier alpha value is -4.57. The number of aromatic nitrogens is 3. The van der Waals surface area contributed by atoms with E-state index in [-0.39, 0.29) is 36.7 Å². The van der Waals surface area contributed by atoms with E-state index in [4.69, 9.17) is 35.3 Å². The zero-order chi connectivity index (χ0) is 37.5. The van der Waals surface area contributed by atoms with Crippen molar-refractivity contribution in [2.45, 2.75) is 77.1 Å². The molecule has 1 N–H and O–H groups in total. The van der Waals surface area contributed by atoms with Crippen molar-refractivity contribution >= 4 is 60.0 Å². The SMILES string of the molecule is CC(C)(C)OC(=O)OCC1OC(n2ccc(NC(=O)c3ccc(-n4[se]c5ccccc5c4=O)cc3Cl)nc2=O)C(F)(F)C1OC(=O)OC(C)(C)C. The number of fused-ring (bicyclic) bond motifs is 1. The molecule has 1 amide bonds. The Bertz CT molecular complexity index is 2100. The van der Waals surface area contributed by atoms with Gasteiger partial charge in [0.15, 0.2) is 0 Å². The van der Waals surface area contributed by atoms with E-state index < -0.39 is 66.1 Å². The number of amides is 1. The summed E-state index contributed by atoms with van der Waals surface area (Å²) >= 11 is 6.08. The van der Waals surface area contributed by atoms with E-state index in [0.717, 1.165) is 16.5 Å². The van der Waals surface area contributed by atoms with Gasteiger partial charge in [-0.1, -0.05) is 0 Å². The minimum absolute atomic E-state index is 0.00701. The molecule has 0 bridgehead atoms. The summed E-state index contributed by atoms with van der Waals surface area (Å²) in [6.07, 6.45) is -8.28. The Labute approximate surface area is 300 Å². The van der Waals surface area contributed by atoms with E-state index >= 15 is 8.78 Å². The maximum atomic E-state index is 15.9. The van der Waals surface area contributed by atoms with Crippen LogP contribution in [0.5, 0.6) is 0 Å². The van der Waals surface area contributed by atoms with Crippen LogP contribution in [0, 0.1) is 0 Å². The number of ether oxygens (including phenoxy) is 5. The Balaban J connectivity index is 1.34. The van der Waals surface area contributed by atoms with Crippen molar-refractivity contribution in [3.05, 3.63) is 86.2 Å². The fourth-order valence-corrected chi connectivity index (χ4v) is 7.19. The zero-order valence-electron chi connectivity index (χ0n) is 28.1. The van der Waals surface area contributed by atoms with Gasteiger partial charge in [0.25, 0.3) is 0 Å². The van der Waals surface area contributed by atoms with Crippen LogP contribution in [0.15, 0.2) is 64.3 Å². The Morgan fingerprint density at radius 2 is 1.67 bits per heavy atom. The summed E-state index contributed by atoms with van der Waals surface area (Å²) in [6, 6.07) is 12.7. The van der Waals surface area contributed by atoms with Crippen molar-refractivity contribution in [1.82, 2.24) is 13.1 Å². The number of hydrogen-bond donors (Lipinski definition) is 1. The van der Waals surface area contributed by atoms with E-state index in [0.29, 0.717) is 15.6 Å². The number of nitrogens with zero attached hydrogens (tertiary/aromatic N) is 3. The quantitative estimate of drug-likeness (QED) is 0.190. The predicted octanol–water partition coefficient (Wildman–Crippen LogP) is 5.31. The van der Waals surface area contributed by atoms with Gasteiger partial charge in [-0.05, 0) is 41.5 Å². The number of carbonyl (C=O) groups excluding carboxylic acids is 3. The maximum Gasteiger partial charge on any atom is 0.509 e. The van der Waals surface area contributed by atoms with E-state index in [1.165, 1.54) is 32.9 Å². The van der Waals surface area contributed by atoms with Crippen LogP contribution in [0.3, 0.4) is 0 Å². The molecule has 272 valence electrons. The van der Waals surface area contributed by atoms with Crippen LogP contribution in [0.4, 0.5) is 24.2 Å². The fourth-order valence-electron chi connectivity index (χ4n) is 4.86. The standard InChI is InChI=1S/C33H33ClF2N4O10Se/c1-31(2,3)49-29(44)46-16-21-24(48-30(45)50-32(4,5)6)33(35,36)27(47-21)39-14-13-23(38-28(39)43)37-25(41)18-12-11-17(15-20(18)34)40-26(42)19-9-7-8-10-22(19)51-40/h7-15,21,24,27H,16H2,1-6H3,(H,37,38,41,43). The molecule has 2 aromatic heterocycles. The van der Waals surface area contributed by atoms with Gasteiger partial charge in [0, 0.05) is 0 Å². The molecule has 3 atom stereocenters. The molecule has 14 nitrogen and oxygen atoms in total. The van der Waals surface area contributed by atoms with Gasteiger partial charge in [0.05, 0.1) is 0 Å². The number of hydrogen-bond acceptors (Lipinski definition) is 11. The van der Waals surface area contributed by atoms with E-state index in [1.54, 1.807) is 42.5 Å². The van der Waals surface area contributed by atoms with Crippen LogP contribution < -0.4 is 16.6 Å². The first-order valence-corrected chi connectivity index (χ1v) is 17.3. The second-order valence-corrected chi connectivity index (χ2v) is 15.8. The number of halogens is 3. The molecule has 0 saturated carbocycles. The molecule has 0 radical (unpaired) electrons. The smallest absolute Gasteiger partial charge is 0.429 e. The Morgan fingerprint density at radius 1 is 1.00 bits per heavy atom. The third-order valence-electron chi connectivity index (χ3n) is 6.97. The topological polar surface area (TPSA) is 166 Å². The van der Waals surface area contributed by atoms with Crippen molar-refractivity contribution in [2.24, 2.45) is 0 Å². The molecule has 51 heavy (non-hydrogen) atoms. The average molecular weight is 798 g/mol. The number of anilines is 1. The summed E-state index contributed by atoms with van der Waals surface area (Å²) in [5.41, 5.74) is -3.03. The molecule has 5 rings (SSSR count). The summed E-state index contributed by atoms with van der Waals surface area (Å²) < 4.78 is 60.1. The van der Waals surface area contributed by atoms with Crippen LogP contribution in [-0.4, -0.2) is 82.0 Å². The van der Waals surface area contributed by atoms with Crippen molar-refractivity contribution in [3.8, 4) is 5.69 Å². The minimum Gasteiger partial charge on any atom is -0.429 e. The molecule has 2 aromatic carbocycles. The number of rotatable bonds is 7. The number of benzene rings is 2. The second kappa shape index (κ2) is 14.2. The van der Waals surface area contributed by atoms with Crippen LogP contribution in [0.2, 0.25) is 5.02 Å². The summed E-state index contributed by atoms with van der Waals surface area (Å²) in [5, 5.41) is 2.99. The average Bonchev–Trinajstić information content (AvgIpc) is 3.47. The Kier molecular flexibility index (Phi) is 10.5. The molecule has 1 aliphatic heterocycles. The molecular weight excluding hydrogens is 765 g/mol. The summed E-state index contributed by atoms with van der Waals surface area (Å²) in [4.78, 5) is 67.3. The minimum atomic E-state index is -4.08. The molecule has 3 heterocycles. The first-order chi connectivity index (χ1) is 23.7. The van der Waals surface area contributed by atoms with Gasteiger partial charge in [-0.15, -0.1) is 0 Å². The molecule has 18 heteroatoms. The normalized spacial score (nSPS) is 18.6. The predicted molar refractivity (Wildman–Crippen MR) is 180 cm³/mol. The van der Waals surface area contributed by atoms with Crippen LogP contribution in [-0.2, 0) is 23.7 Å². The van der Waals surface area contributed by atoms with Crippen molar-refractivity contribution in [2.75, 3.05) is 11.9 Å². The third kappa shape index (κ3) is 8.67. The molecule has 4 aromatic rings. The fraction of sp³-hybridized carbons (Fsp3) is 0.394. The number of alkyl halides is 2. The second-order valence-electron chi connectivity index (χ2n) is 13.3. The van der Waals surface area contributed by atoms with Crippen molar-refractivity contribution < 1.29 is 46.8 Å². The van der Waals surface area contributed by atoms with E-state index in [2.05, 4.69) is 10.3 Å². The molecular formula is C33H33ClF2N4O10Se. The number of carbonyl (C=O) groups is 3. The maximum absolute atomic E-state index is 15.9. The molecule has 0 spiro atoms. The van der Waals surface area contributed by atoms with E-state index in [9.17, 15) is 24.0 Å². The van der Waals surface area contributed by atoms with Crippen molar-refractivity contribution in [1.29, 1.82) is 0 Å². The monoisotopic (exact) mass is 798 g/mol. The zero-order valence-corrected chi connectivity index (χ0v) is 30.6. The Morgan fingerprint density at radius 3 is 2.29 bits per heavy atom. The van der Waals surface area contributed by atoms with Gasteiger partial charge < -0.3 is 23.7 Å². The van der Waals surface area contributed by atoms with Crippen LogP contribution in [0.25, 0.3) is 15.3 Å². The molecule has 1 aliphatic rings. The summed E-state index contributed by atoms with van der Waals surface area (Å²) in [5.74, 6) is -5.16. The molecule has 0 aliphatic carbocycles. The first-order valence-electron chi connectivity index (χ1n) is 15.3. The van der Waals surface area contributed by atoms with E-state index in [1.807, 2.05) is 12.1 Å². The van der Waals surface area contributed by atoms with Crippen LogP contribution >= 0.6 is 11.6 Å². The molecule has 3 unspecified atom stereocenters. The summed E-state index contributed by atoms with van der Waals surface area (Å²) in [7, 11) is 0. The van der Waals surface area contributed by atoms with Gasteiger partial charge in [-0.3, -0.25) is 0 Å². The van der Waals surface area contributed by atoms with Gasteiger partial charge >= 0.3 is 187 Å². The van der Waals surface area contributed by atoms with Gasteiger partial charge in [0.1, 0.15) is 23.9 Å². The van der Waals surface area contributed by atoms with Crippen molar-refractivity contribution in [3.63, 3.8) is 0 Å².